The second-order valence-electron chi connectivity index (χ2n) is 5.69. The summed E-state index contributed by atoms with van der Waals surface area (Å²) in [5.74, 6) is -2.36. The molecule has 0 aliphatic rings. The van der Waals surface area contributed by atoms with E-state index in [-0.39, 0.29) is 5.92 Å². The molecule has 0 aromatic carbocycles. The van der Waals surface area contributed by atoms with E-state index in [1.807, 2.05) is 0 Å². The summed E-state index contributed by atoms with van der Waals surface area (Å²) in [7, 11) is 0. The molecule has 0 saturated carbocycles. The number of hydrogen-bond acceptors (Lipinski definition) is 5. The Kier molecular flexibility index (Phi) is 9.35. The monoisotopic (exact) mass is 316 g/mol. The predicted octanol–water partition coefficient (Wildman–Crippen LogP) is -0.827. The van der Waals surface area contributed by atoms with Crippen molar-refractivity contribution in [2.75, 3.05) is 6.54 Å². The number of nitrogens with two attached hydrogens (primary N) is 2. The van der Waals surface area contributed by atoms with E-state index >= 15 is 0 Å². The van der Waals surface area contributed by atoms with Crippen molar-refractivity contribution < 1.29 is 19.5 Å². The normalized spacial score (nSPS) is 15.0. The molecule has 0 spiro atoms. The Morgan fingerprint density at radius 1 is 1.05 bits per heavy atom. The van der Waals surface area contributed by atoms with E-state index in [1.54, 1.807) is 13.8 Å². The Labute approximate surface area is 131 Å². The van der Waals surface area contributed by atoms with E-state index in [4.69, 9.17) is 16.6 Å². The SMILES string of the molecule is CC(NC(=O)C(N)CCCCN)C(=O)NC(C(=O)O)C(C)C. The zero-order valence-corrected chi connectivity index (χ0v) is 13.5. The molecule has 0 bridgehead atoms. The van der Waals surface area contributed by atoms with Gasteiger partial charge in [0.15, 0.2) is 0 Å². The molecule has 22 heavy (non-hydrogen) atoms. The number of carboxylic acids is 1. The zero-order chi connectivity index (χ0) is 17.3. The van der Waals surface area contributed by atoms with Gasteiger partial charge < -0.3 is 27.2 Å². The molecular formula is C14H28N4O4. The van der Waals surface area contributed by atoms with Crippen LogP contribution in [0.3, 0.4) is 0 Å². The molecule has 0 aliphatic carbocycles. The Bertz CT molecular complexity index is 387. The van der Waals surface area contributed by atoms with Gasteiger partial charge in [0.2, 0.25) is 11.8 Å². The third-order valence-corrected chi connectivity index (χ3v) is 3.29. The Hall–Kier alpha value is -1.67. The quantitative estimate of drug-likeness (QED) is 0.332. The van der Waals surface area contributed by atoms with Crippen LogP contribution in [0.5, 0.6) is 0 Å². The van der Waals surface area contributed by atoms with Crippen molar-refractivity contribution in [2.24, 2.45) is 17.4 Å². The molecular weight excluding hydrogens is 288 g/mol. The minimum absolute atomic E-state index is 0.261. The van der Waals surface area contributed by atoms with Crippen molar-refractivity contribution >= 4 is 17.8 Å². The maximum absolute atomic E-state index is 11.9. The highest BCUT2D eigenvalue weighted by Crippen LogP contribution is 2.03. The lowest BCUT2D eigenvalue weighted by Gasteiger charge is -2.22. The van der Waals surface area contributed by atoms with Gasteiger partial charge in [-0.25, -0.2) is 4.79 Å². The molecule has 0 heterocycles. The number of aliphatic carboxylic acids is 1. The van der Waals surface area contributed by atoms with Gasteiger partial charge >= 0.3 is 5.97 Å². The van der Waals surface area contributed by atoms with Gasteiger partial charge in [0, 0.05) is 0 Å². The number of carbonyl (C=O) groups is 3. The Balaban J connectivity index is 4.39. The molecule has 3 atom stereocenters. The fourth-order valence-corrected chi connectivity index (χ4v) is 1.82. The van der Waals surface area contributed by atoms with Gasteiger partial charge in [0.05, 0.1) is 6.04 Å². The largest absolute Gasteiger partial charge is 0.480 e. The van der Waals surface area contributed by atoms with Crippen molar-refractivity contribution in [1.82, 2.24) is 10.6 Å². The first-order valence-electron chi connectivity index (χ1n) is 7.49. The first-order chi connectivity index (χ1) is 10.2. The summed E-state index contributed by atoms with van der Waals surface area (Å²) in [6, 6.07) is -2.55. The van der Waals surface area contributed by atoms with Crippen LogP contribution in [0.15, 0.2) is 0 Å². The van der Waals surface area contributed by atoms with E-state index in [0.29, 0.717) is 13.0 Å². The molecule has 2 amide bonds. The van der Waals surface area contributed by atoms with E-state index < -0.39 is 35.9 Å². The number of nitrogens with one attached hydrogen (secondary N) is 2. The van der Waals surface area contributed by atoms with E-state index in [9.17, 15) is 14.4 Å². The number of amides is 2. The molecule has 0 fully saturated rings. The topological polar surface area (TPSA) is 148 Å². The summed E-state index contributed by atoms with van der Waals surface area (Å²) < 4.78 is 0. The number of rotatable bonds is 10. The molecule has 3 unspecified atom stereocenters. The van der Waals surface area contributed by atoms with E-state index in [0.717, 1.165) is 12.8 Å². The minimum Gasteiger partial charge on any atom is -0.480 e. The van der Waals surface area contributed by atoms with Crippen LogP contribution >= 0.6 is 0 Å². The zero-order valence-electron chi connectivity index (χ0n) is 13.5. The lowest BCUT2D eigenvalue weighted by Crippen LogP contribution is -2.54. The van der Waals surface area contributed by atoms with Gasteiger partial charge in [-0.3, -0.25) is 9.59 Å². The van der Waals surface area contributed by atoms with Crippen LogP contribution in [0.1, 0.15) is 40.0 Å². The van der Waals surface area contributed by atoms with Gasteiger partial charge in [-0.05, 0) is 32.2 Å². The highest BCUT2D eigenvalue weighted by atomic mass is 16.4. The van der Waals surface area contributed by atoms with Crippen molar-refractivity contribution in [2.45, 2.75) is 58.2 Å². The number of carboxylic acid groups (broad SMARTS) is 1. The number of unbranched alkanes of at least 4 members (excludes halogenated alkanes) is 1. The third-order valence-electron chi connectivity index (χ3n) is 3.29. The predicted molar refractivity (Wildman–Crippen MR) is 82.9 cm³/mol. The second-order valence-corrected chi connectivity index (χ2v) is 5.69. The molecule has 0 aromatic heterocycles. The van der Waals surface area contributed by atoms with Gasteiger partial charge in [-0.1, -0.05) is 20.3 Å². The summed E-state index contributed by atoms with van der Waals surface area (Å²) in [5.41, 5.74) is 11.1. The molecule has 7 N–H and O–H groups in total. The van der Waals surface area contributed by atoms with Crippen molar-refractivity contribution in [3.8, 4) is 0 Å². The highest BCUT2D eigenvalue weighted by Gasteiger charge is 2.27. The molecule has 8 nitrogen and oxygen atoms in total. The van der Waals surface area contributed by atoms with Crippen molar-refractivity contribution in [3.63, 3.8) is 0 Å². The van der Waals surface area contributed by atoms with E-state index in [1.165, 1.54) is 6.92 Å². The molecule has 0 saturated heterocycles. The second kappa shape index (κ2) is 10.1. The van der Waals surface area contributed by atoms with Gasteiger partial charge in [-0.2, -0.15) is 0 Å². The highest BCUT2D eigenvalue weighted by molar-refractivity contribution is 5.91. The summed E-state index contributed by atoms with van der Waals surface area (Å²) in [4.78, 5) is 34.8. The van der Waals surface area contributed by atoms with Gasteiger partial charge in [0.1, 0.15) is 12.1 Å². The standard InChI is InChI=1S/C14H28N4O4/c1-8(2)11(14(21)22)18-12(19)9(3)17-13(20)10(16)6-4-5-7-15/h8-11H,4-7,15-16H2,1-3H3,(H,17,20)(H,18,19)(H,21,22). The van der Waals surface area contributed by atoms with Crippen molar-refractivity contribution in [3.05, 3.63) is 0 Å². The molecule has 8 heteroatoms. The average Bonchev–Trinajstić information content (AvgIpc) is 2.43. The lowest BCUT2D eigenvalue weighted by molar-refractivity contribution is -0.143. The van der Waals surface area contributed by atoms with E-state index in [2.05, 4.69) is 10.6 Å². The number of carbonyl (C=O) groups excluding carboxylic acids is 2. The fourth-order valence-electron chi connectivity index (χ4n) is 1.82. The summed E-state index contributed by atoms with van der Waals surface area (Å²) >= 11 is 0. The Morgan fingerprint density at radius 2 is 1.64 bits per heavy atom. The summed E-state index contributed by atoms with van der Waals surface area (Å²) in [6.45, 7) is 5.41. The smallest absolute Gasteiger partial charge is 0.326 e. The average molecular weight is 316 g/mol. The van der Waals surface area contributed by atoms with Crippen molar-refractivity contribution in [1.29, 1.82) is 0 Å². The molecule has 128 valence electrons. The first-order valence-corrected chi connectivity index (χ1v) is 7.49. The summed E-state index contributed by atoms with van der Waals surface area (Å²) in [6.07, 6.45) is 2.01. The van der Waals surface area contributed by atoms with Crippen LogP contribution in [0, 0.1) is 5.92 Å². The van der Waals surface area contributed by atoms with Crippen LogP contribution < -0.4 is 22.1 Å². The van der Waals surface area contributed by atoms with Crippen LogP contribution in [0.25, 0.3) is 0 Å². The first kappa shape index (κ1) is 20.3. The molecule has 0 aromatic rings. The molecule has 0 aliphatic heterocycles. The van der Waals surface area contributed by atoms with Crippen LogP contribution in [-0.4, -0.2) is 47.6 Å². The molecule has 0 rings (SSSR count). The maximum Gasteiger partial charge on any atom is 0.326 e. The fraction of sp³-hybridized carbons (Fsp3) is 0.786. The van der Waals surface area contributed by atoms with Crippen LogP contribution in [-0.2, 0) is 14.4 Å². The maximum atomic E-state index is 11.9. The lowest BCUT2D eigenvalue weighted by atomic mass is 10.0. The molecule has 0 radical (unpaired) electrons. The van der Waals surface area contributed by atoms with Crippen LogP contribution in [0.4, 0.5) is 0 Å². The number of hydrogen-bond donors (Lipinski definition) is 5. The minimum atomic E-state index is -1.11. The van der Waals surface area contributed by atoms with Gasteiger partial charge in [0.25, 0.3) is 0 Å². The van der Waals surface area contributed by atoms with Crippen LogP contribution in [0.2, 0.25) is 0 Å². The van der Waals surface area contributed by atoms with Gasteiger partial charge in [-0.15, -0.1) is 0 Å². The third kappa shape index (κ3) is 7.37. The summed E-state index contributed by atoms with van der Waals surface area (Å²) in [5, 5.41) is 13.9. The Morgan fingerprint density at radius 3 is 2.09 bits per heavy atom.